The molecule has 0 aliphatic rings. The highest BCUT2D eigenvalue weighted by atomic mass is 16.1. The second kappa shape index (κ2) is 7.27. The summed E-state index contributed by atoms with van der Waals surface area (Å²) in [4.78, 5) is 14.3. The lowest BCUT2D eigenvalue weighted by atomic mass is 10.0. The van der Waals surface area contributed by atoms with E-state index in [2.05, 4.69) is 39.6 Å². The standard InChI is InChI=1S/C19H22N4O/c1-22(2)9-10-23-14-18(13-20-23)21-19(24)12-15-7-8-16-5-3-4-6-17(16)11-15/h3-8,11,13-14H,9-10,12H2,1-2H3,(H,21,24). The van der Waals surface area contributed by atoms with Crippen molar-refractivity contribution in [3.63, 3.8) is 0 Å². The summed E-state index contributed by atoms with van der Waals surface area (Å²) in [6.45, 7) is 1.71. The highest BCUT2D eigenvalue weighted by molar-refractivity contribution is 5.93. The van der Waals surface area contributed by atoms with E-state index in [1.807, 2.05) is 43.2 Å². The molecule has 5 nitrogen and oxygen atoms in total. The van der Waals surface area contributed by atoms with E-state index in [9.17, 15) is 4.79 Å². The highest BCUT2D eigenvalue weighted by Crippen LogP contribution is 2.16. The summed E-state index contributed by atoms with van der Waals surface area (Å²) < 4.78 is 1.84. The summed E-state index contributed by atoms with van der Waals surface area (Å²) in [6.07, 6.45) is 3.91. The topological polar surface area (TPSA) is 50.2 Å². The minimum absolute atomic E-state index is 0.0301. The molecule has 3 aromatic rings. The number of nitrogens with zero attached hydrogens (tertiary/aromatic N) is 3. The maximum absolute atomic E-state index is 12.2. The third-order valence-corrected chi connectivity index (χ3v) is 3.87. The molecule has 0 atom stereocenters. The van der Waals surface area contributed by atoms with Gasteiger partial charge in [-0.25, -0.2) is 0 Å². The predicted molar refractivity (Wildman–Crippen MR) is 97.1 cm³/mol. The molecule has 0 unspecified atom stereocenters. The van der Waals surface area contributed by atoms with Gasteiger partial charge < -0.3 is 10.2 Å². The van der Waals surface area contributed by atoms with Crippen LogP contribution in [0.4, 0.5) is 5.69 Å². The van der Waals surface area contributed by atoms with Crippen LogP contribution in [0.15, 0.2) is 54.9 Å². The summed E-state index contributed by atoms with van der Waals surface area (Å²) in [6, 6.07) is 14.3. The smallest absolute Gasteiger partial charge is 0.228 e. The van der Waals surface area contributed by atoms with Crippen LogP contribution in [-0.2, 0) is 17.8 Å². The predicted octanol–water partition coefficient (Wildman–Crippen LogP) is 2.78. The molecular weight excluding hydrogens is 300 g/mol. The fraction of sp³-hybridized carbons (Fsp3) is 0.263. The molecule has 3 rings (SSSR count). The van der Waals surface area contributed by atoms with Gasteiger partial charge in [-0.05, 0) is 30.4 Å². The highest BCUT2D eigenvalue weighted by Gasteiger charge is 2.07. The van der Waals surface area contributed by atoms with E-state index in [1.54, 1.807) is 6.20 Å². The fourth-order valence-electron chi connectivity index (χ4n) is 2.59. The van der Waals surface area contributed by atoms with Crippen LogP contribution < -0.4 is 5.32 Å². The van der Waals surface area contributed by atoms with Crippen LogP contribution in [0.3, 0.4) is 0 Å². The SMILES string of the molecule is CN(C)CCn1cc(NC(=O)Cc2ccc3ccccc3c2)cn1. The molecule has 1 N–H and O–H groups in total. The molecule has 0 fully saturated rings. The lowest BCUT2D eigenvalue weighted by molar-refractivity contribution is -0.115. The average molecular weight is 322 g/mol. The van der Waals surface area contributed by atoms with Crippen molar-refractivity contribution in [2.45, 2.75) is 13.0 Å². The normalized spacial score (nSPS) is 11.1. The Labute approximate surface area is 141 Å². The Hall–Kier alpha value is -2.66. The first-order chi connectivity index (χ1) is 11.6. The molecule has 1 heterocycles. The van der Waals surface area contributed by atoms with E-state index in [0.29, 0.717) is 6.42 Å². The van der Waals surface area contributed by atoms with Crippen LogP contribution in [0.2, 0.25) is 0 Å². The molecular formula is C19H22N4O. The van der Waals surface area contributed by atoms with Gasteiger partial charge in [0, 0.05) is 12.7 Å². The van der Waals surface area contributed by atoms with Gasteiger partial charge in [0.05, 0.1) is 24.8 Å². The minimum Gasteiger partial charge on any atom is -0.323 e. The molecule has 1 aromatic heterocycles. The number of nitrogens with one attached hydrogen (secondary N) is 1. The quantitative estimate of drug-likeness (QED) is 0.759. The Morgan fingerprint density at radius 3 is 2.75 bits per heavy atom. The first-order valence-corrected chi connectivity index (χ1v) is 8.05. The fourth-order valence-corrected chi connectivity index (χ4v) is 2.59. The molecule has 24 heavy (non-hydrogen) atoms. The van der Waals surface area contributed by atoms with Gasteiger partial charge in [0.2, 0.25) is 5.91 Å². The van der Waals surface area contributed by atoms with Crippen molar-refractivity contribution in [1.82, 2.24) is 14.7 Å². The van der Waals surface area contributed by atoms with E-state index in [1.165, 1.54) is 5.39 Å². The van der Waals surface area contributed by atoms with E-state index < -0.39 is 0 Å². The number of fused-ring (bicyclic) bond motifs is 1. The maximum atomic E-state index is 12.2. The van der Waals surface area contributed by atoms with Gasteiger partial charge in [0.15, 0.2) is 0 Å². The number of benzene rings is 2. The summed E-state index contributed by atoms with van der Waals surface area (Å²) >= 11 is 0. The largest absolute Gasteiger partial charge is 0.323 e. The number of rotatable bonds is 6. The monoisotopic (exact) mass is 322 g/mol. The molecule has 5 heteroatoms. The van der Waals surface area contributed by atoms with E-state index >= 15 is 0 Å². The van der Waals surface area contributed by atoms with Crippen molar-refractivity contribution in [2.75, 3.05) is 26.0 Å². The van der Waals surface area contributed by atoms with Crippen LogP contribution in [0.1, 0.15) is 5.56 Å². The lowest BCUT2D eigenvalue weighted by Gasteiger charge is -2.08. The second-order valence-corrected chi connectivity index (χ2v) is 6.20. The molecule has 0 radical (unpaired) electrons. The first kappa shape index (κ1) is 16.2. The molecule has 0 aliphatic carbocycles. The number of anilines is 1. The number of carbonyl (C=O) groups is 1. The summed E-state index contributed by atoms with van der Waals surface area (Å²) in [5.41, 5.74) is 1.74. The second-order valence-electron chi connectivity index (χ2n) is 6.20. The Morgan fingerprint density at radius 1 is 1.17 bits per heavy atom. The van der Waals surface area contributed by atoms with Gasteiger partial charge in [-0.1, -0.05) is 42.5 Å². The molecule has 0 saturated heterocycles. The van der Waals surface area contributed by atoms with Gasteiger partial charge in [-0.2, -0.15) is 5.10 Å². The summed E-state index contributed by atoms with van der Waals surface area (Å²) in [5.74, 6) is -0.0301. The molecule has 0 aliphatic heterocycles. The molecule has 2 aromatic carbocycles. The van der Waals surface area contributed by atoms with Crippen molar-refractivity contribution in [1.29, 1.82) is 0 Å². The molecule has 0 bridgehead atoms. The third-order valence-electron chi connectivity index (χ3n) is 3.87. The average Bonchev–Trinajstić information content (AvgIpc) is 3.00. The van der Waals surface area contributed by atoms with Crippen LogP contribution >= 0.6 is 0 Å². The van der Waals surface area contributed by atoms with Crippen LogP contribution in [0.5, 0.6) is 0 Å². The van der Waals surface area contributed by atoms with E-state index in [-0.39, 0.29) is 5.91 Å². The zero-order valence-corrected chi connectivity index (χ0v) is 14.1. The number of carbonyl (C=O) groups excluding carboxylic acids is 1. The molecule has 1 amide bonds. The number of hydrogen-bond acceptors (Lipinski definition) is 3. The van der Waals surface area contributed by atoms with Crippen LogP contribution in [0, 0.1) is 0 Å². The number of amides is 1. The zero-order valence-electron chi connectivity index (χ0n) is 14.1. The van der Waals surface area contributed by atoms with Crippen molar-refractivity contribution in [3.8, 4) is 0 Å². The van der Waals surface area contributed by atoms with Crippen molar-refractivity contribution in [2.24, 2.45) is 0 Å². The van der Waals surface area contributed by atoms with E-state index in [0.717, 1.165) is 29.7 Å². The van der Waals surface area contributed by atoms with Gasteiger partial charge in [-0.3, -0.25) is 9.48 Å². The number of aromatic nitrogens is 2. The Morgan fingerprint density at radius 2 is 1.96 bits per heavy atom. The summed E-state index contributed by atoms with van der Waals surface area (Å²) in [5, 5.41) is 9.51. The van der Waals surface area contributed by atoms with Crippen LogP contribution in [-0.4, -0.2) is 41.2 Å². The van der Waals surface area contributed by atoms with Crippen molar-refractivity contribution >= 4 is 22.4 Å². The summed E-state index contributed by atoms with van der Waals surface area (Å²) in [7, 11) is 4.05. The Balaban J connectivity index is 1.60. The van der Waals surface area contributed by atoms with Crippen molar-refractivity contribution < 1.29 is 4.79 Å². The third kappa shape index (κ3) is 4.20. The van der Waals surface area contributed by atoms with Gasteiger partial charge in [0.25, 0.3) is 0 Å². The lowest BCUT2D eigenvalue weighted by Crippen LogP contribution is -2.18. The maximum Gasteiger partial charge on any atom is 0.228 e. The van der Waals surface area contributed by atoms with Crippen LogP contribution in [0.25, 0.3) is 10.8 Å². The van der Waals surface area contributed by atoms with Gasteiger partial charge in [0.1, 0.15) is 0 Å². The molecule has 124 valence electrons. The molecule has 0 spiro atoms. The van der Waals surface area contributed by atoms with Gasteiger partial charge in [-0.15, -0.1) is 0 Å². The Bertz CT molecular complexity index is 838. The first-order valence-electron chi connectivity index (χ1n) is 8.05. The Kier molecular flexibility index (Phi) is 4.91. The number of likely N-dealkylation sites (N-methyl/N-ethyl adjacent to an activating group) is 1. The number of hydrogen-bond donors (Lipinski definition) is 1. The van der Waals surface area contributed by atoms with Gasteiger partial charge >= 0.3 is 0 Å². The molecule has 0 saturated carbocycles. The zero-order chi connectivity index (χ0) is 16.9. The minimum atomic E-state index is -0.0301. The van der Waals surface area contributed by atoms with Crippen molar-refractivity contribution in [3.05, 3.63) is 60.4 Å². The van der Waals surface area contributed by atoms with E-state index in [4.69, 9.17) is 0 Å².